The highest BCUT2D eigenvalue weighted by atomic mass is 32.2. The van der Waals surface area contributed by atoms with Gasteiger partial charge in [0.15, 0.2) is 37.0 Å². The third-order valence-corrected chi connectivity index (χ3v) is 7.45. The van der Waals surface area contributed by atoms with Crippen LogP contribution in [-0.2, 0) is 29.3 Å². The highest BCUT2D eigenvalue weighted by Crippen LogP contribution is 2.36. The lowest BCUT2D eigenvalue weighted by molar-refractivity contribution is -0.140. The Morgan fingerprint density at radius 1 is 1.04 bits per heavy atom. The second-order valence-electron chi connectivity index (χ2n) is 7.62. The van der Waals surface area contributed by atoms with E-state index in [1.165, 1.54) is 13.0 Å². The molecular formula is C18H22O7S2. The molecule has 1 fully saturated rings. The Balaban J connectivity index is 2.72. The maximum Gasteiger partial charge on any atom is 0.181 e. The first-order valence-corrected chi connectivity index (χ1v) is 12.0. The number of rotatable bonds is 4. The molecule has 7 nitrogen and oxygen atoms in total. The fourth-order valence-electron chi connectivity index (χ4n) is 3.35. The van der Waals surface area contributed by atoms with E-state index >= 15 is 0 Å². The van der Waals surface area contributed by atoms with Crippen molar-refractivity contribution in [2.45, 2.75) is 43.4 Å². The molecule has 1 aromatic carbocycles. The lowest BCUT2D eigenvalue weighted by atomic mass is 9.68. The van der Waals surface area contributed by atoms with Crippen molar-refractivity contribution in [3.8, 4) is 0 Å². The van der Waals surface area contributed by atoms with Gasteiger partial charge < -0.3 is 0 Å². The smallest absolute Gasteiger partial charge is 0.181 e. The van der Waals surface area contributed by atoms with E-state index in [1.807, 2.05) is 0 Å². The highest BCUT2D eigenvalue weighted by molar-refractivity contribution is 7.93. The molecule has 0 aromatic heterocycles. The predicted octanol–water partition coefficient (Wildman–Crippen LogP) is 1.56. The first kappa shape index (κ1) is 21.4. The van der Waals surface area contributed by atoms with Crippen molar-refractivity contribution >= 4 is 37.0 Å². The van der Waals surface area contributed by atoms with Gasteiger partial charge >= 0.3 is 0 Å². The minimum absolute atomic E-state index is 0.0746. The monoisotopic (exact) mass is 414 g/mol. The number of hydrogen-bond acceptors (Lipinski definition) is 7. The molecule has 0 heterocycles. The third kappa shape index (κ3) is 3.89. The summed E-state index contributed by atoms with van der Waals surface area (Å²) in [5.74, 6) is -3.29. The molecule has 148 valence electrons. The topological polar surface area (TPSA) is 119 Å². The van der Waals surface area contributed by atoms with E-state index in [0.717, 1.165) is 18.6 Å². The molecule has 27 heavy (non-hydrogen) atoms. The number of carbonyl (C=O) groups is 3. The average Bonchev–Trinajstić information content (AvgIpc) is 2.49. The van der Waals surface area contributed by atoms with Crippen LogP contribution in [0, 0.1) is 18.3 Å². The molecule has 0 radical (unpaired) electrons. The van der Waals surface area contributed by atoms with E-state index in [4.69, 9.17) is 0 Å². The summed E-state index contributed by atoms with van der Waals surface area (Å²) in [5, 5.41) is 0. The summed E-state index contributed by atoms with van der Waals surface area (Å²) in [4.78, 5) is 37.0. The van der Waals surface area contributed by atoms with E-state index in [9.17, 15) is 31.2 Å². The SMILES string of the molecule is Cc1c(C(=O)C2C(=O)CCC(C)(C)C2=O)ccc(S(C)(=O)=O)c1S(C)(=O)=O. The van der Waals surface area contributed by atoms with Crippen LogP contribution in [0.1, 0.15) is 42.6 Å². The minimum Gasteiger partial charge on any atom is -0.298 e. The van der Waals surface area contributed by atoms with Gasteiger partial charge in [0, 0.05) is 29.9 Å². The second-order valence-corrected chi connectivity index (χ2v) is 11.6. The molecule has 0 amide bonds. The molecule has 1 unspecified atom stereocenters. The van der Waals surface area contributed by atoms with Crippen molar-refractivity contribution in [3.63, 3.8) is 0 Å². The van der Waals surface area contributed by atoms with Gasteiger partial charge in [-0.1, -0.05) is 13.8 Å². The molecule has 1 atom stereocenters. The average molecular weight is 415 g/mol. The van der Waals surface area contributed by atoms with Gasteiger partial charge in [-0.25, -0.2) is 16.8 Å². The van der Waals surface area contributed by atoms with Crippen molar-refractivity contribution in [3.05, 3.63) is 23.3 Å². The largest absolute Gasteiger partial charge is 0.298 e. The number of benzene rings is 1. The van der Waals surface area contributed by atoms with Crippen molar-refractivity contribution in [1.29, 1.82) is 0 Å². The molecule has 2 rings (SSSR count). The fraction of sp³-hybridized carbons (Fsp3) is 0.500. The van der Waals surface area contributed by atoms with Crippen LogP contribution in [0.3, 0.4) is 0 Å². The molecule has 1 aliphatic carbocycles. The number of carbonyl (C=O) groups excluding carboxylic acids is 3. The van der Waals surface area contributed by atoms with Crippen LogP contribution in [0.5, 0.6) is 0 Å². The molecule has 9 heteroatoms. The lowest BCUT2D eigenvalue weighted by Crippen LogP contribution is -2.45. The first-order valence-electron chi connectivity index (χ1n) is 8.24. The van der Waals surface area contributed by atoms with Crippen molar-refractivity contribution < 1.29 is 31.2 Å². The Morgan fingerprint density at radius 2 is 1.59 bits per heavy atom. The van der Waals surface area contributed by atoms with Crippen LogP contribution in [0.15, 0.2) is 21.9 Å². The van der Waals surface area contributed by atoms with Gasteiger partial charge in [0.25, 0.3) is 0 Å². The molecule has 0 spiro atoms. The maximum absolute atomic E-state index is 13.0. The summed E-state index contributed by atoms with van der Waals surface area (Å²) in [5.41, 5.74) is -1.05. The summed E-state index contributed by atoms with van der Waals surface area (Å²) in [6, 6.07) is 2.21. The number of sulfone groups is 2. The van der Waals surface area contributed by atoms with Gasteiger partial charge in [-0.15, -0.1) is 0 Å². The summed E-state index contributed by atoms with van der Waals surface area (Å²) in [7, 11) is -7.86. The van der Waals surface area contributed by atoms with E-state index in [2.05, 4.69) is 0 Å². The molecular weight excluding hydrogens is 392 g/mol. The molecule has 0 aliphatic heterocycles. The van der Waals surface area contributed by atoms with Crippen molar-refractivity contribution in [2.75, 3.05) is 12.5 Å². The summed E-state index contributed by atoms with van der Waals surface area (Å²) in [6.45, 7) is 4.62. The molecule has 1 aromatic rings. The van der Waals surface area contributed by atoms with Crippen LogP contribution in [0.2, 0.25) is 0 Å². The predicted molar refractivity (Wildman–Crippen MR) is 98.2 cm³/mol. The van der Waals surface area contributed by atoms with Crippen LogP contribution in [-0.4, -0.2) is 46.7 Å². The zero-order valence-electron chi connectivity index (χ0n) is 15.8. The van der Waals surface area contributed by atoms with Gasteiger partial charge in [-0.3, -0.25) is 14.4 Å². The van der Waals surface area contributed by atoms with Crippen LogP contribution in [0.25, 0.3) is 0 Å². The van der Waals surface area contributed by atoms with E-state index in [0.29, 0.717) is 6.42 Å². The Bertz CT molecular complexity index is 1060. The van der Waals surface area contributed by atoms with Gasteiger partial charge in [-0.05, 0) is 31.0 Å². The molecule has 0 bridgehead atoms. The van der Waals surface area contributed by atoms with Crippen LogP contribution < -0.4 is 0 Å². The standard InChI is InChI=1S/C18H22O7S2/c1-10-11(6-7-13(26(4,22)23)16(10)27(5,24)25)15(20)14-12(19)8-9-18(2,3)17(14)21/h6-7,14H,8-9H2,1-5H3. The Kier molecular flexibility index (Phi) is 5.26. The third-order valence-electron chi connectivity index (χ3n) is 4.92. The number of Topliss-reactive ketones (excluding diaryl/α,β-unsaturated/α-hetero) is 3. The van der Waals surface area contributed by atoms with Gasteiger partial charge in [0.2, 0.25) is 0 Å². The Hall–Kier alpha value is -1.87. The van der Waals surface area contributed by atoms with Crippen molar-refractivity contribution in [2.24, 2.45) is 11.3 Å². The normalized spacial score (nSPS) is 20.6. The number of ketones is 3. The lowest BCUT2D eigenvalue weighted by Gasteiger charge is -2.32. The zero-order chi connectivity index (χ0) is 20.9. The summed E-state index contributed by atoms with van der Waals surface area (Å²) in [6.07, 6.45) is 2.14. The Labute approximate surface area is 159 Å². The van der Waals surface area contributed by atoms with E-state index in [1.54, 1.807) is 13.8 Å². The van der Waals surface area contributed by atoms with E-state index < -0.39 is 58.1 Å². The highest BCUT2D eigenvalue weighted by Gasteiger charge is 2.46. The fourth-order valence-corrected chi connectivity index (χ4v) is 6.16. The first-order chi connectivity index (χ1) is 12.1. The quantitative estimate of drug-likeness (QED) is 0.541. The second kappa shape index (κ2) is 6.63. The van der Waals surface area contributed by atoms with Crippen LogP contribution in [0.4, 0.5) is 0 Å². The van der Waals surface area contributed by atoms with Crippen molar-refractivity contribution in [1.82, 2.24) is 0 Å². The zero-order valence-corrected chi connectivity index (χ0v) is 17.5. The molecule has 0 N–H and O–H groups in total. The van der Waals surface area contributed by atoms with Gasteiger partial charge in [0.1, 0.15) is 5.92 Å². The van der Waals surface area contributed by atoms with Gasteiger partial charge in [0.05, 0.1) is 9.79 Å². The molecule has 1 saturated carbocycles. The number of hydrogen-bond donors (Lipinski definition) is 0. The summed E-state index contributed by atoms with van der Waals surface area (Å²) < 4.78 is 48.3. The van der Waals surface area contributed by atoms with Crippen LogP contribution >= 0.6 is 0 Å². The van der Waals surface area contributed by atoms with Gasteiger partial charge in [-0.2, -0.15) is 0 Å². The maximum atomic E-state index is 13.0. The molecule has 0 saturated heterocycles. The van der Waals surface area contributed by atoms with E-state index in [-0.39, 0.29) is 17.5 Å². The minimum atomic E-state index is -3.99. The Morgan fingerprint density at radius 3 is 2.07 bits per heavy atom. The molecule has 1 aliphatic rings. The summed E-state index contributed by atoms with van der Waals surface area (Å²) >= 11 is 0.